The minimum Gasteiger partial charge on any atom is -0.338 e. The third-order valence-corrected chi connectivity index (χ3v) is 4.01. The third kappa shape index (κ3) is 3.94. The first-order chi connectivity index (χ1) is 8.47. The van der Waals surface area contributed by atoms with Crippen LogP contribution in [0.15, 0.2) is 22.7 Å². The number of amides is 1. The van der Waals surface area contributed by atoms with Crippen LogP contribution in [0.2, 0.25) is 0 Å². The fourth-order valence-electron chi connectivity index (χ4n) is 2.39. The second-order valence-electron chi connectivity index (χ2n) is 5.20. The quantitative estimate of drug-likeness (QED) is 0.849. The molecule has 0 saturated carbocycles. The van der Waals surface area contributed by atoms with Gasteiger partial charge in [-0.3, -0.25) is 4.79 Å². The van der Waals surface area contributed by atoms with Gasteiger partial charge in [0.2, 0.25) is 0 Å². The van der Waals surface area contributed by atoms with Crippen molar-refractivity contribution in [3.8, 4) is 0 Å². The maximum absolute atomic E-state index is 12.4. The smallest absolute Gasteiger partial charge is 0.253 e. The zero-order valence-electron chi connectivity index (χ0n) is 11.2. The van der Waals surface area contributed by atoms with Crippen molar-refractivity contribution in [2.24, 2.45) is 11.7 Å². The normalized spacial score (nSPS) is 22.8. The van der Waals surface area contributed by atoms with Crippen LogP contribution in [-0.4, -0.2) is 29.9 Å². The molecule has 3 nitrogen and oxygen atoms in total. The number of piperidine rings is 1. The maximum Gasteiger partial charge on any atom is 0.253 e. The summed E-state index contributed by atoms with van der Waals surface area (Å²) in [5.41, 5.74) is 7.83. The Kier molecular flexibility index (Phi) is 5.83. The van der Waals surface area contributed by atoms with Crippen LogP contribution in [0.3, 0.4) is 0 Å². The van der Waals surface area contributed by atoms with Gasteiger partial charge in [-0.2, -0.15) is 0 Å². The van der Waals surface area contributed by atoms with Crippen LogP contribution in [0, 0.1) is 12.8 Å². The number of hydrogen-bond donors (Lipinski definition) is 1. The molecule has 1 saturated heterocycles. The summed E-state index contributed by atoms with van der Waals surface area (Å²) >= 11 is 3.44. The molecule has 1 heterocycles. The average molecular weight is 348 g/mol. The van der Waals surface area contributed by atoms with Crippen molar-refractivity contribution in [1.82, 2.24) is 4.90 Å². The zero-order chi connectivity index (χ0) is 13.3. The second-order valence-corrected chi connectivity index (χ2v) is 6.11. The van der Waals surface area contributed by atoms with Gasteiger partial charge in [-0.15, -0.1) is 12.4 Å². The van der Waals surface area contributed by atoms with Gasteiger partial charge in [-0.1, -0.05) is 22.9 Å². The van der Waals surface area contributed by atoms with Crippen molar-refractivity contribution in [1.29, 1.82) is 0 Å². The molecule has 0 aromatic heterocycles. The molecule has 2 N–H and O–H groups in total. The van der Waals surface area contributed by atoms with E-state index in [9.17, 15) is 4.79 Å². The minimum absolute atomic E-state index is 0. The van der Waals surface area contributed by atoms with E-state index >= 15 is 0 Å². The number of likely N-dealkylation sites (tertiary alicyclic amines) is 1. The molecule has 2 atom stereocenters. The van der Waals surface area contributed by atoms with E-state index in [4.69, 9.17) is 5.73 Å². The topological polar surface area (TPSA) is 46.3 Å². The number of rotatable bonds is 1. The van der Waals surface area contributed by atoms with E-state index in [1.807, 2.05) is 30.0 Å². The molecule has 1 aromatic carbocycles. The second kappa shape index (κ2) is 6.73. The molecule has 0 bridgehead atoms. The Morgan fingerprint density at radius 1 is 1.42 bits per heavy atom. The Hall–Kier alpha value is -0.580. The predicted octanol–water partition coefficient (Wildman–Crippen LogP) is 2.99. The highest BCUT2D eigenvalue weighted by molar-refractivity contribution is 9.10. The van der Waals surface area contributed by atoms with Gasteiger partial charge in [0, 0.05) is 29.2 Å². The molecule has 0 aliphatic carbocycles. The van der Waals surface area contributed by atoms with Gasteiger partial charge in [-0.05, 0) is 43.0 Å². The number of carbonyl (C=O) groups excluding carboxylic acids is 1. The number of hydrogen-bond acceptors (Lipinski definition) is 2. The van der Waals surface area contributed by atoms with E-state index in [0.29, 0.717) is 5.92 Å². The van der Waals surface area contributed by atoms with Crippen LogP contribution in [0.4, 0.5) is 0 Å². The summed E-state index contributed by atoms with van der Waals surface area (Å²) in [6.45, 7) is 5.62. The fraction of sp³-hybridized carbons (Fsp3) is 0.500. The number of benzene rings is 1. The number of nitrogens with zero attached hydrogens (tertiary/aromatic N) is 1. The van der Waals surface area contributed by atoms with E-state index in [1.54, 1.807) is 0 Å². The average Bonchev–Trinajstić information content (AvgIpc) is 2.30. The van der Waals surface area contributed by atoms with Crippen molar-refractivity contribution in [3.05, 3.63) is 33.8 Å². The van der Waals surface area contributed by atoms with E-state index in [0.717, 1.165) is 35.1 Å². The zero-order valence-corrected chi connectivity index (χ0v) is 13.6. The van der Waals surface area contributed by atoms with Gasteiger partial charge < -0.3 is 10.6 Å². The van der Waals surface area contributed by atoms with Gasteiger partial charge in [0.25, 0.3) is 5.91 Å². The summed E-state index contributed by atoms with van der Waals surface area (Å²) in [5, 5.41) is 0. The van der Waals surface area contributed by atoms with Crippen LogP contribution >= 0.6 is 28.3 Å². The lowest BCUT2D eigenvalue weighted by Gasteiger charge is -2.35. The Labute approximate surface area is 129 Å². The standard InChI is InChI=1S/C14H19BrN2O.ClH/c1-9-5-11(7-12(15)6-9)14(18)17-4-3-13(16)10(2)8-17;/h5-7,10,13H,3-4,8,16H2,1-2H3;1H. The van der Waals surface area contributed by atoms with Crippen LogP contribution in [0.1, 0.15) is 29.3 Å². The van der Waals surface area contributed by atoms with E-state index in [2.05, 4.69) is 22.9 Å². The molecule has 0 spiro atoms. The third-order valence-electron chi connectivity index (χ3n) is 3.55. The molecule has 2 unspecified atom stereocenters. The number of aryl methyl sites for hydroxylation is 1. The van der Waals surface area contributed by atoms with Crippen LogP contribution in [0.25, 0.3) is 0 Å². The molecule has 5 heteroatoms. The molecule has 1 aliphatic rings. The molecular formula is C14H20BrClN2O. The SMILES string of the molecule is Cc1cc(Br)cc(C(=O)N2CCC(N)C(C)C2)c1.Cl. The first-order valence-corrected chi connectivity index (χ1v) is 7.08. The first kappa shape index (κ1) is 16.5. The molecule has 1 fully saturated rings. The number of halogens is 2. The van der Waals surface area contributed by atoms with Crippen molar-refractivity contribution in [3.63, 3.8) is 0 Å². The molecule has 1 amide bonds. The molecule has 106 valence electrons. The lowest BCUT2D eigenvalue weighted by atomic mass is 9.94. The first-order valence-electron chi connectivity index (χ1n) is 6.29. The summed E-state index contributed by atoms with van der Waals surface area (Å²) in [7, 11) is 0. The molecule has 2 rings (SSSR count). The predicted molar refractivity (Wildman–Crippen MR) is 83.8 cm³/mol. The fourth-order valence-corrected chi connectivity index (χ4v) is 3.00. The molecule has 0 radical (unpaired) electrons. The van der Waals surface area contributed by atoms with E-state index < -0.39 is 0 Å². The van der Waals surface area contributed by atoms with Gasteiger partial charge in [0.15, 0.2) is 0 Å². The Morgan fingerprint density at radius 2 is 2.11 bits per heavy atom. The Morgan fingerprint density at radius 3 is 2.68 bits per heavy atom. The van der Waals surface area contributed by atoms with Crippen molar-refractivity contribution < 1.29 is 4.79 Å². The summed E-state index contributed by atoms with van der Waals surface area (Å²) in [4.78, 5) is 14.3. The summed E-state index contributed by atoms with van der Waals surface area (Å²) in [5.74, 6) is 0.481. The highest BCUT2D eigenvalue weighted by Crippen LogP contribution is 2.20. The Balaban J connectivity index is 0.00000180. The summed E-state index contributed by atoms with van der Waals surface area (Å²) < 4.78 is 0.951. The Bertz CT molecular complexity index is 447. The molecule has 1 aromatic rings. The van der Waals surface area contributed by atoms with Gasteiger partial charge in [0.05, 0.1) is 0 Å². The van der Waals surface area contributed by atoms with E-state index in [1.165, 1.54) is 0 Å². The lowest BCUT2D eigenvalue weighted by molar-refractivity contribution is 0.0664. The van der Waals surface area contributed by atoms with Gasteiger partial charge in [0.1, 0.15) is 0 Å². The molecule has 19 heavy (non-hydrogen) atoms. The van der Waals surface area contributed by atoms with Crippen LogP contribution in [0.5, 0.6) is 0 Å². The van der Waals surface area contributed by atoms with Crippen molar-refractivity contribution >= 4 is 34.2 Å². The van der Waals surface area contributed by atoms with Crippen molar-refractivity contribution in [2.45, 2.75) is 26.3 Å². The van der Waals surface area contributed by atoms with Crippen molar-refractivity contribution in [2.75, 3.05) is 13.1 Å². The highest BCUT2D eigenvalue weighted by atomic mass is 79.9. The highest BCUT2D eigenvalue weighted by Gasteiger charge is 2.26. The largest absolute Gasteiger partial charge is 0.338 e. The monoisotopic (exact) mass is 346 g/mol. The summed E-state index contributed by atoms with van der Waals surface area (Å²) in [6.07, 6.45) is 0.889. The maximum atomic E-state index is 12.4. The lowest BCUT2D eigenvalue weighted by Crippen LogP contribution is -2.48. The minimum atomic E-state index is 0. The molecule has 1 aliphatic heterocycles. The van der Waals surface area contributed by atoms with Crippen LogP contribution in [-0.2, 0) is 0 Å². The van der Waals surface area contributed by atoms with E-state index in [-0.39, 0.29) is 24.4 Å². The number of carbonyl (C=O) groups is 1. The number of nitrogens with two attached hydrogens (primary N) is 1. The van der Waals surface area contributed by atoms with Gasteiger partial charge in [-0.25, -0.2) is 0 Å². The van der Waals surface area contributed by atoms with Crippen LogP contribution < -0.4 is 5.73 Å². The summed E-state index contributed by atoms with van der Waals surface area (Å²) in [6, 6.07) is 6.05. The van der Waals surface area contributed by atoms with Gasteiger partial charge >= 0.3 is 0 Å². The molecular weight excluding hydrogens is 328 g/mol.